The molecule has 2 aliphatic heterocycles. The van der Waals surface area contributed by atoms with Gasteiger partial charge in [-0.2, -0.15) is 0 Å². The van der Waals surface area contributed by atoms with Crippen LogP contribution in [0.1, 0.15) is 88.8 Å². The normalized spacial score (nSPS) is 23.1. The Hall–Kier alpha value is -5.46. The highest BCUT2D eigenvalue weighted by molar-refractivity contribution is 5.90. The van der Waals surface area contributed by atoms with Crippen molar-refractivity contribution in [2.45, 2.75) is 95.3 Å². The predicted octanol–water partition coefficient (Wildman–Crippen LogP) is 6.91. The van der Waals surface area contributed by atoms with Crippen LogP contribution in [0.2, 0.25) is 0 Å². The number of nitrogens with zero attached hydrogens (tertiary/aromatic N) is 3. The Balaban J connectivity index is 1.01. The first-order valence-corrected chi connectivity index (χ1v) is 19.0. The molecule has 1 saturated carbocycles. The summed E-state index contributed by atoms with van der Waals surface area (Å²) in [5.41, 5.74) is 5.89. The van der Waals surface area contributed by atoms with Crippen LogP contribution in [-0.2, 0) is 19.1 Å². The monoisotopic (exact) mass is 735 g/mol. The zero-order valence-corrected chi connectivity index (χ0v) is 31.3. The van der Waals surface area contributed by atoms with Gasteiger partial charge in [0.15, 0.2) is 5.78 Å². The van der Waals surface area contributed by atoms with Crippen molar-refractivity contribution in [1.82, 2.24) is 35.5 Å². The van der Waals surface area contributed by atoms with E-state index in [-0.39, 0.29) is 41.5 Å². The Morgan fingerprint density at radius 1 is 0.741 bits per heavy atom. The van der Waals surface area contributed by atoms with Gasteiger partial charge in [-0.15, -0.1) is 0 Å². The zero-order chi connectivity index (χ0) is 37.9. The third-order valence-electron chi connectivity index (χ3n) is 11.5. The number of Topliss-reactive ketones (excluding diaryl/α,β-unsaturated/α-hetero) is 1. The lowest BCUT2D eigenvalue weighted by molar-refractivity contribution is -0.135. The topological polar surface area (TPSA) is 171 Å². The van der Waals surface area contributed by atoms with Crippen molar-refractivity contribution in [1.29, 1.82) is 0 Å². The number of hydrogen-bond donors (Lipinski definition) is 4. The van der Waals surface area contributed by atoms with Crippen molar-refractivity contribution in [3.8, 4) is 33.6 Å². The summed E-state index contributed by atoms with van der Waals surface area (Å²) in [5, 5.41) is 5.46. The molecule has 0 spiro atoms. The Bertz CT molecular complexity index is 1970. The van der Waals surface area contributed by atoms with Crippen LogP contribution in [0.25, 0.3) is 33.6 Å². The minimum absolute atomic E-state index is 0.0278. The number of methoxy groups -OCH3 is 2. The van der Waals surface area contributed by atoms with Gasteiger partial charge in [-0.3, -0.25) is 9.59 Å². The number of hydrogen-bond acceptors (Lipinski definition) is 8. The molecule has 0 radical (unpaired) electrons. The summed E-state index contributed by atoms with van der Waals surface area (Å²) in [7, 11) is 2.61. The molecule has 4 aromatic rings. The molecule has 3 aliphatic rings. The molecule has 2 aromatic heterocycles. The molecule has 54 heavy (non-hydrogen) atoms. The van der Waals surface area contributed by atoms with Gasteiger partial charge in [0.2, 0.25) is 5.91 Å². The number of alkyl carbamates (subject to hydrolysis) is 2. The highest BCUT2D eigenvalue weighted by Gasteiger charge is 2.44. The third kappa shape index (κ3) is 7.49. The smallest absolute Gasteiger partial charge is 0.407 e. The van der Waals surface area contributed by atoms with Gasteiger partial charge in [-0.05, 0) is 73.1 Å². The number of ketones is 1. The molecule has 3 fully saturated rings. The van der Waals surface area contributed by atoms with E-state index in [9.17, 15) is 19.2 Å². The van der Waals surface area contributed by atoms with Crippen LogP contribution in [0.15, 0.2) is 60.9 Å². The number of H-pyrrole nitrogens is 2. The van der Waals surface area contributed by atoms with E-state index in [1.54, 1.807) is 0 Å². The minimum atomic E-state index is -0.611. The largest absolute Gasteiger partial charge is 0.453 e. The molecule has 4 heterocycles. The maximum absolute atomic E-state index is 13.6. The first-order chi connectivity index (χ1) is 26.1. The van der Waals surface area contributed by atoms with Crippen molar-refractivity contribution in [3.05, 3.63) is 72.6 Å². The van der Waals surface area contributed by atoms with E-state index in [0.29, 0.717) is 6.42 Å². The number of amides is 3. The van der Waals surface area contributed by atoms with Crippen LogP contribution >= 0.6 is 0 Å². The number of aromatic nitrogens is 4. The van der Waals surface area contributed by atoms with Crippen LogP contribution in [0.3, 0.4) is 0 Å². The van der Waals surface area contributed by atoms with E-state index in [2.05, 4.69) is 69.1 Å². The molecular formula is C41H49N7O6. The second-order valence-electron chi connectivity index (χ2n) is 15.0. The van der Waals surface area contributed by atoms with Crippen LogP contribution in [0.5, 0.6) is 0 Å². The molecule has 284 valence electrons. The van der Waals surface area contributed by atoms with Gasteiger partial charge >= 0.3 is 12.2 Å². The lowest BCUT2D eigenvalue weighted by Gasteiger charge is -2.30. The fraction of sp³-hybridized carbons (Fsp3) is 0.463. The second-order valence-corrected chi connectivity index (χ2v) is 15.0. The van der Waals surface area contributed by atoms with Gasteiger partial charge in [0.25, 0.3) is 0 Å². The summed E-state index contributed by atoms with van der Waals surface area (Å²) in [5.74, 6) is 1.18. The molecular weight excluding hydrogens is 686 g/mol. The van der Waals surface area contributed by atoms with Crippen LogP contribution in [-0.4, -0.2) is 81.1 Å². The molecule has 2 aromatic carbocycles. The molecule has 1 aliphatic carbocycles. The highest BCUT2D eigenvalue weighted by Crippen LogP contribution is 2.42. The Morgan fingerprint density at radius 2 is 1.31 bits per heavy atom. The Kier molecular flexibility index (Phi) is 10.8. The van der Waals surface area contributed by atoms with E-state index in [1.807, 2.05) is 31.1 Å². The molecule has 13 heteroatoms. The van der Waals surface area contributed by atoms with E-state index in [1.165, 1.54) is 14.2 Å². The van der Waals surface area contributed by atoms with E-state index in [4.69, 9.17) is 19.4 Å². The summed E-state index contributed by atoms with van der Waals surface area (Å²) >= 11 is 0. The lowest BCUT2D eigenvalue weighted by atomic mass is 9.84. The summed E-state index contributed by atoms with van der Waals surface area (Å²) in [6.45, 7) is 3.85. The highest BCUT2D eigenvalue weighted by atomic mass is 16.5. The number of aromatic amines is 2. The summed E-state index contributed by atoms with van der Waals surface area (Å²) in [6, 6.07) is 15.4. The maximum atomic E-state index is 13.6. The summed E-state index contributed by atoms with van der Waals surface area (Å²) < 4.78 is 9.53. The fourth-order valence-electron chi connectivity index (χ4n) is 8.58. The van der Waals surface area contributed by atoms with Gasteiger partial charge in [0.05, 0.1) is 50.1 Å². The molecule has 13 nitrogen and oxygen atoms in total. The lowest BCUT2D eigenvalue weighted by Crippen LogP contribution is -2.49. The Labute approximate surface area is 315 Å². The van der Waals surface area contributed by atoms with Crippen LogP contribution in [0, 0.1) is 11.8 Å². The van der Waals surface area contributed by atoms with Gasteiger partial charge in [0, 0.05) is 17.9 Å². The predicted molar refractivity (Wildman–Crippen MR) is 202 cm³/mol. The van der Waals surface area contributed by atoms with Crippen molar-refractivity contribution >= 4 is 23.9 Å². The van der Waals surface area contributed by atoms with Crippen LogP contribution < -0.4 is 10.6 Å². The molecule has 4 N–H and O–H groups in total. The number of carbonyl (C=O) groups is 4. The molecule has 0 bridgehead atoms. The molecule has 3 amide bonds. The summed E-state index contributed by atoms with van der Waals surface area (Å²) in [6.07, 6.45) is 9.10. The first kappa shape index (κ1) is 36.9. The number of ether oxygens (including phenoxy) is 2. The van der Waals surface area contributed by atoms with E-state index < -0.39 is 24.3 Å². The van der Waals surface area contributed by atoms with Crippen molar-refractivity contribution in [2.24, 2.45) is 11.8 Å². The fourth-order valence-corrected chi connectivity index (χ4v) is 8.58. The van der Waals surface area contributed by atoms with Crippen molar-refractivity contribution < 1.29 is 28.7 Å². The Morgan fingerprint density at radius 3 is 1.93 bits per heavy atom. The van der Waals surface area contributed by atoms with Gasteiger partial charge in [-0.25, -0.2) is 19.6 Å². The quantitative estimate of drug-likeness (QED) is 0.136. The molecule has 7 rings (SSSR count). The number of fused-ring (bicyclic) bond motifs is 1. The van der Waals surface area contributed by atoms with E-state index in [0.717, 1.165) is 90.2 Å². The number of rotatable bonds is 10. The third-order valence-corrected chi connectivity index (χ3v) is 11.5. The van der Waals surface area contributed by atoms with Crippen LogP contribution in [0.4, 0.5) is 9.59 Å². The molecule has 1 unspecified atom stereocenters. The summed E-state index contributed by atoms with van der Waals surface area (Å²) in [4.78, 5) is 69.3. The molecule has 6 atom stereocenters. The average molecular weight is 736 g/mol. The number of carbonyl (C=O) groups excluding carboxylic acids is 4. The molecule has 2 saturated heterocycles. The van der Waals surface area contributed by atoms with Gasteiger partial charge < -0.3 is 35.0 Å². The first-order valence-electron chi connectivity index (χ1n) is 19.0. The van der Waals surface area contributed by atoms with Crippen molar-refractivity contribution in [3.63, 3.8) is 0 Å². The SMILES string of the molecule is COC(=O)N[C@H]1CCC[C@@H]2CC[C@@H](c3ncc(-c4ccc(-c5ccc(-c6cnc([C@@H]7CCCC7C(=O)[C@@H](NC(=O)OC)C(C)C)[nH]6)cc5)cc4)[nH]3)N2C1=O. The maximum Gasteiger partial charge on any atom is 0.407 e. The van der Waals surface area contributed by atoms with E-state index >= 15 is 0 Å². The standard InChI is InChI=1S/C41H49N7O6/c1-23(2)35(47-41(52)54-4)36(49)29-8-6-9-30(29)37-42-21-32(44-37)26-15-11-24(12-16-26)25-13-17-27(18-14-25)33-22-43-38(45-33)34-20-19-28-7-5-10-31(39(50)48(28)34)46-40(51)53-3/h11-18,21-23,28-31,34-35H,5-10,19-20H2,1-4H3,(H,42,44)(H,43,45)(H,46,51)(H,47,52)/t28-,29?,30-,31+,34+,35+/m1/s1. The van der Waals surface area contributed by atoms with Gasteiger partial charge in [0.1, 0.15) is 17.7 Å². The number of nitrogens with one attached hydrogen (secondary N) is 4. The van der Waals surface area contributed by atoms with Gasteiger partial charge in [-0.1, -0.05) is 68.8 Å². The van der Waals surface area contributed by atoms with Crippen molar-refractivity contribution in [2.75, 3.05) is 14.2 Å². The number of imidazole rings is 2. The average Bonchev–Trinajstić information content (AvgIpc) is 4.02. The number of benzene rings is 2. The minimum Gasteiger partial charge on any atom is -0.453 e. The zero-order valence-electron chi connectivity index (χ0n) is 31.3. The second kappa shape index (κ2) is 15.9.